The minimum atomic E-state index is -1.94. The molecule has 2 aromatic heterocycles. The van der Waals surface area contributed by atoms with Crippen molar-refractivity contribution >= 4 is 40.1 Å². The van der Waals surface area contributed by atoms with Gasteiger partial charge in [0.05, 0.1) is 23.1 Å². The molecule has 2 atom stereocenters. The fraction of sp³-hybridized carbons (Fsp3) is 0.348. The van der Waals surface area contributed by atoms with Crippen LogP contribution in [0.15, 0.2) is 53.2 Å². The van der Waals surface area contributed by atoms with E-state index in [1.54, 1.807) is 23.8 Å². The molecule has 2 aliphatic rings. The molecule has 3 aromatic rings. The Morgan fingerprint density at radius 1 is 1.26 bits per heavy atom. The molecular weight excluding hydrogens is 478 g/mol. The Morgan fingerprint density at radius 3 is 2.76 bits per heavy atom. The van der Waals surface area contributed by atoms with Gasteiger partial charge >= 0.3 is 0 Å². The van der Waals surface area contributed by atoms with E-state index in [9.17, 15) is 13.6 Å². The Morgan fingerprint density at radius 2 is 2.06 bits per heavy atom. The molecule has 1 amide bonds. The molecule has 2 aliphatic heterocycles. The van der Waals surface area contributed by atoms with Crippen molar-refractivity contribution in [3.63, 3.8) is 0 Å². The molecule has 1 aromatic carbocycles. The maximum atomic E-state index is 14.5. The smallest absolute Gasteiger partial charge is 0.257 e. The van der Waals surface area contributed by atoms with Crippen LogP contribution in [0.2, 0.25) is 0 Å². The molecule has 34 heavy (non-hydrogen) atoms. The number of fused-ring (bicyclic) bond motifs is 1. The first kappa shape index (κ1) is 22.9. The number of thioether (sulfide) groups is 1. The number of halogens is 2. The van der Waals surface area contributed by atoms with Crippen molar-refractivity contribution in [2.24, 2.45) is 10.9 Å². The molecule has 176 valence electrons. The van der Waals surface area contributed by atoms with Crippen molar-refractivity contribution in [1.82, 2.24) is 20.3 Å². The number of carbonyl (C=O) groups is 1. The van der Waals surface area contributed by atoms with E-state index >= 15 is 0 Å². The average molecular weight is 501 g/mol. The Balaban J connectivity index is 1.48. The summed E-state index contributed by atoms with van der Waals surface area (Å²) < 4.78 is 28.7. The molecule has 0 aliphatic carbocycles. The molecule has 0 bridgehead atoms. The predicted molar refractivity (Wildman–Crippen MR) is 129 cm³/mol. The number of thiazole rings is 1. The van der Waals surface area contributed by atoms with E-state index in [0.717, 1.165) is 11.1 Å². The molecule has 2 unspecified atom stereocenters. The van der Waals surface area contributed by atoms with Gasteiger partial charge in [0, 0.05) is 30.0 Å². The summed E-state index contributed by atoms with van der Waals surface area (Å²) in [6.07, 6.45) is 2.81. The van der Waals surface area contributed by atoms with E-state index in [2.05, 4.69) is 20.3 Å². The van der Waals surface area contributed by atoms with Gasteiger partial charge in [-0.15, -0.1) is 11.3 Å². The van der Waals surface area contributed by atoms with Gasteiger partial charge in [-0.25, -0.2) is 23.7 Å². The highest BCUT2D eigenvalue weighted by Gasteiger charge is 2.52. The van der Waals surface area contributed by atoms with E-state index in [0.29, 0.717) is 29.6 Å². The number of amidine groups is 1. The molecule has 0 spiro atoms. The summed E-state index contributed by atoms with van der Waals surface area (Å²) in [6.45, 7) is 3.51. The lowest BCUT2D eigenvalue weighted by Crippen LogP contribution is -2.42. The van der Waals surface area contributed by atoms with Crippen molar-refractivity contribution in [2.75, 3.05) is 23.7 Å². The van der Waals surface area contributed by atoms with Gasteiger partial charge in [-0.3, -0.25) is 9.78 Å². The largest absolute Gasteiger partial charge is 0.338 e. The van der Waals surface area contributed by atoms with Crippen molar-refractivity contribution < 1.29 is 13.6 Å². The van der Waals surface area contributed by atoms with Crippen LogP contribution in [0.3, 0.4) is 0 Å². The second-order valence-corrected chi connectivity index (χ2v) is 10.6. The third kappa shape index (κ3) is 4.18. The fourth-order valence-electron chi connectivity index (χ4n) is 4.28. The van der Waals surface area contributed by atoms with Gasteiger partial charge in [-0.1, -0.05) is 30.0 Å². The average Bonchev–Trinajstić information content (AvgIpc) is 3.48. The lowest BCUT2D eigenvalue weighted by atomic mass is 9.87. The van der Waals surface area contributed by atoms with Gasteiger partial charge in [-0.05, 0) is 26.0 Å². The second kappa shape index (κ2) is 8.70. The Bertz CT molecular complexity index is 1230. The van der Waals surface area contributed by atoms with Crippen LogP contribution in [-0.4, -0.2) is 44.9 Å². The summed E-state index contributed by atoms with van der Waals surface area (Å²) in [6, 6.07) is 8.97. The van der Waals surface area contributed by atoms with E-state index < -0.39 is 17.0 Å². The summed E-state index contributed by atoms with van der Waals surface area (Å²) in [5.41, 5.74) is -0.579. The number of rotatable bonds is 4. The number of anilines is 1. The van der Waals surface area contributed by atoms with Crippen LogP contribution in [0.1, 0.15) is 34.8 Å². The molecule has 11 heteroatoms. The SMILES string of the molecule is CC(C)(F)c1nc(N2CC3CSC(NC(=O)c4ccccc4)=NC3(c3cncs3)C2)ncc1F. The zero-order chi connectivity index (χ0) is 23.9. The predicted octanol–water partition coefficient (Wildman–Crippen LogP) is 4.14. The van der Waals surface area contributed by atoms with Crippen molar-refractivity contribution in [3.05, 3.63) is 70.2 Å². The number of hydrogen-bond donors (Lipinski definition) is 1. The van der Waals surface area contributed by atoms with Crippen LogP contribution in [0.5, 0.6) is 0 Å². The van der Waals surface area contributed by atoms with Gasteiger partial charge in [0.1, 0.15) is 16.9 Å². The van der Waals surface area contributed by atoms with Crippen LogP contribution in [0.25, 0.3) is 0 Å². The van der Waals surface area contributed by atoms with Crippen LogP contribution < -0.4 is 10.2 Å². The van der Waals surface area contributed by atoms with Crippen LogP contribution in [0, 0.1) is 11.7 Å². The third-order valence-corrected chi connectivity index (χ3v) is 7.94. The van der Waals surface area contributed by atoms with Gasteiger partial charge < -0.3 is 10.2 Å². The minimum Gasteiger partial charge on any atom is -0.338 e. The van der Waals surface area contributed by atoms with E-state index in [1.807, 2.05) is 23.1 Å². The Hall–Kier alpha value is -2.92. The number of amides is 1. The van der Waals surface area contributed by atoms with Gasteiger partial charge in [-0.2, -0.15) is 0 Å². The summed E-state index contributed by atoms with van der Waals surface area (Å²) in [5.74, 6) is 0.0347. The maximum Gasteiger partial charge on any atom is 0.257 e. The second-order valence-electron chi connectivity index (χ2n) is 8.75. The van der Waals surface area contributed by atoms with E-state index in [-0.39, 0.29) is 23.5 Å². The van der Waals surface area contributed by atoms with Gasteiger partial charge in [0.25, 0.3) is 5.91 Å². The van der Waals surface area contributed by atoms with Crippen LogP contribution in [-0.2, 0) is 11.2 Å². The highest BCUT2D eigenvalue weighted by atomic mass is 32.2. The number of aromatic nitrogens is 3. The number of benzene rings is 1. The van der Waals surface area contributed by atoms with Crippen LogP contribution >= 0.6 is 23.1 Å². The molecule has 1 saturated heterocycles. The molecule has 5 rings (SSSR count). The monoisotopic (exact) mass is 500 g/mol. The summed E-state index contributed by atoms with van der Waals surface area (Å²) >= 11 is 2.97. The number of alkyl halides is 1. The van der Waals surface area contributed by atoms with Crippen molar-refractivity contribution in [2.45, 2.75) is 25.1 Å². The molecular formula is C23H22F2N6OS2. The van der Waals surface area contributed by atoms with Gasteiger partial charge in [0.2, 0.25) is 5.95 Å². The summed E-state index contributed by atoms with van der Waals surface area (Å²) in [7, 11) is 0. The van der Waals surface area contributed by atoms with Crippen LogP contribution in [0.4, 0.5) is 14.7 Å². The molecule has 4 heterocycles. The Kier molecular flexibility index (Phi) is 5.85. The first-order chi connectivity index (χ1) is 16.3. The number of nitrogens with one attached hydrogen (secondary N) is 1. The molecule has 0 radical (unpaired) electrons. The molecule has 0 saturated carbocycles. The van der Waals surface area contributed by atoms with E-state index in [1.165, 1.54) is 36.9 Å². The first-order valence-electron chi connectivity index (χ1n) is 10.7. The normalized spacial score (nSPS) is 22.3. The number of hydrogen-bond acceptors (Lipinski definition) is 8. The lowest BCUT2D eigenvalue weighted by molar-refractivity contribution is 0.0977. The zero-order valence-electron chi connectivity index (χ0n) is 18.5. The van der Waals surface area contributed by atoms with Gasteiger partial charge in [0.15, 0.2) is 11.0 Å². The fourth-order valence-corrected chi connectivity index (χ4v) is 6.25. The quantitative estimate of drug-likeness (QED) is 0.580. The topological polar surface area (TPSA) is 83.4 Å². The van der Waals surface area contributed by atoms with Crippen molar-refractivity contribution in [1.29, 1.82) is 0 Å². The zero-order valence-corrected chi connectivity index (χ0v) is 20.2. The van der Waals surface area contributed by atoms with Crippen molar-refractivity contribution in [3.8, 4) is 0 Å². The molecule has 1 fully saturated rings. The summed E-state index contributed by atoms with van der Waals surface area (Å²) in [5, 5.41) is 3.47. The number of nitrogens with zero attached hydrogens (tertiary/aromatic N) is 5. The van der Waals surface area contributed by atoms with E-state index in [4.69, 9.17) is 4.99 Å². The Labute approximate surface area is 203 Å². The highest BCUT2D eigenvalue weighted by molar-refractivity contribution is 8.13. The summed E-state index contributed by atoms with van der Waals surface area (Å²) in [4.78, 5) is 33.2. The molecule has 7 nitrogen and oxygen atoms in total. The lowest BCUT2D eigenvalue weighted by Gasteiger charge is -2.33. The maximum absolute atomic E-state index is 14.5. The third-order valence-electron chi connectivity index (χ3n) is 5.96. The molecule has 1 N–H and O–H groups in total. The first-order valence-corrected chi connectivity index (χ1v) is 12.6. The standard InChI is InChI=1S/C23H22F2N6OS2/c1-22(2,25)18-16(24)8-27-20(28-18)31-10-15-11-33-21(29-19(32)14-6-4-3-5-7-14)30-23(15,12-31)17-9-26-13-34-17/h3-9,13,15H,10-12H2,1-2H3,(H,29,30,32). The number of carbonyl (C=O) groups excluding carboxylic acids is 1. The number of aliphatic imine (C=N–C) groups is 1. The highest BCUT2D eigenvalue weighted by Crippen LogP contribution is 2.47. The minimum absolute atomic E-state index is 0.0748.